The van der Waals surface area contributed by atoms with Gasteiger partial charge in [-0.3, -0.25) is 9.59 Å². The first kappa shape index (κ1) is 29.8. The van der Waals surface area contributed by atoms with Gasteiger partial charge >= 0.3 is 6.09 Å². The lowest BCUT2D eigenvalue weighted by Gasteiger charge is -2.37. The van der Waals surface area contributed by atoms with E-state index in [9.17, 15) is 19.5 Å². The van der Waals surface area contributed by atoms with Crippen LogP contribution < -0.4 is 10.6 Å². The predicted octanol–water partition coefficient (Wildman–Crippen LogP) is 4.72. The zero-order valence-corrected chi connectivity index (χ0v) is 23.4. The van der Waals surface area contributed by atoms with Crippen LogP contribution in [0.4, 0.5) is 10.5 Å². The van der Waals surface area contributed by atoms with Crippen molar-refractivity contribution >= 4 is 23.6 Å². The van der Waals surface area contributed by atoms with Crippen LogP contribution in [0.15, 0.2) is 36.4 Å². The van der Waals surface area contributed by atoms with Gasteiger partial charge in [0.25, 0.3) is 5.91 Å². The number of alkyl carbamates (subject to hydrolysis) is 1. The van der Waals surface area contributed by atoms with E-state index in [2.05, 4.69) is 10.6 Å². The van der Waals surface area contributed by atoms with Gasteiger partial charge in [-0.1, -0.05) is 36.4 Å². The van der Waals surface area contributed by atoms with Gasteiger partial charge in [-0.2, -0.15) is 0 Å². The number of benzene rings is 2. The van der Waals surface area contributed by atoms with Crippen molar-refractivity contribution in [1.29, 1.82) is 0 Å². The van der Waals surface area contributed by atoms with Crippen LogP contribution in [0.2, 0.25) is 0 Å². The second-order valence-electron chi connectivity index (χ2n) is 10.7. The van der Waals surface area contributed by atoms with Crippen molar-refractivity contribution in [2.24, 2.45) is 0 Å². The fraction of sp³-hybridized carbons (Fsp3) is 0.483. The monoisotopic (exact) mass is 511 g/mol. The zero-order chi connectivity index (χ0) is 28.1. The van der Waals surface area contributed by atoms with E-state index in [0.29, 0.717) is 11.3 Å². The lowest BCUT2D eigenvalue weighted by Crippen LogP contribution is -2.55. The minimum Gasteiger partial charge on any atom is -0.444 e. The third-order valence-electron chi connectivity index (χ3n) is 6.18. The molecule has 8 nitrogen and oxygen atoms in total. The number of nitrogens with one attached hydrogen (secondary N) is 2. The molecule has 0 aromatic heterocycles. The summed E-state index contributed by atoms with van der Waals surface area (Å²) in [6.07, 6.45) is -0.827. The molecule has 0 saturated heterocycles. The molecule has 8 heteroatoms. The average Bonchev–Trinajstić information content (AvgIpc) is 2.78. The number of anilines is 1. The Kier molecular flexibility index (Phi) is 9.87. The maximum absolute atomic E-state index is 14.0. The SMILES string of the molecule is Cc1cccc(C(C(=O)Nc2c(C)cccc2C)N(C(=O)C(CO)NC(=O)OC(C)(C)C)C(C)C)c1C. The van der Waals surface area contributed by atoms with E-state index in [-0.39, 0.29) is 5.91 Å². The number of carbonyl (C=O) groups excluding carboxylic acids is 3. The van der Waals surface area contributed by atoms with Gasteiger partial charge in [0.15, 0.2) is 0 Å². The summed E-state index contributed by atoms with van der Waals surface area (Å²) >= 11 is 0. The predicted molar refractivity (Wildman–Crippen MR) is 145 cm³/mol. The molecular formula is C29H41N3O5. The second kappa shape index (κ2) is 12.2. The van der Waals surface area contributed by atoms with Crippen LogP contribution in [0.25, 0.3) is 0 Å². The quantitative estimate of drug-likeness (QED) is 0.475. The molecule has 0 aliphatic heterocycles. The first-order valence-corrected chi connectivity index (χ1v) is 12.5. The summed E-state index contributed by atoms with van der Waals surface area (Å²) in [4.78, 5) is 41.6. The molecule has 37 heavy (non-hydrogen) atoms. The molecule has 2 unspecified atom stereocenters. The number of carbonyl (C=O) groups is 3. The molecular weight excluding hydrogens is 470 g/mol. The van der Waals surface area contributed by atoms with E-state index >= 15 is 0 Å². The molecule has 0 radical (unpaired) electrons. The Morgan fingerprint density at radius 1 is 0.946 bits per heavy atom. The summed E-state index contributed by atoms with van der Waals surface area (Å²) in [6, 6.07) is 8.62. The number of aliphatic hydroxyl groups excluding tert-OH is 1. The highest BCUT2D eigenvalue weighted by Crippen LogP contribution is 2.31. The molecule has 0 aliphatic rings. The van der Waals surface area contributed by atoms with E-state index < -0.39 is 42.3 Å². The highest BCUT2D eigenvalue weighted by atomic mass is 16.6. The van der Waals surface area contributed by atoms with Gasteiger partial charge in [-0.25, -0.2) is 4.79 Å². The molecule has 2 aromatic carbocycles. The number of hydrogen-bond donors (Lipinski definition) is 3. The first-order chi connectivity index (χ1) is 17.2. The maximum atomic E-state index is 14.0. The van der Waals surface area contributed by atoms with E-state index in [4.69, 9.17) is 4.74 Å². The van der Waals surface area contributed by atoms with Crippen molar-refractivity contribution in [3.63, 3.8) is 0 Å². The van der Waals surface area contributed by atoms with Crippen LogP contribution in [0.5, 0.6) is 0 Å². The van der Waals surface area contributed by atoms with Crippen molar-refractivity contribution in [3.05, 3.63) is 64.2 Å². The van der Waals surface area contributed by atoms with Gasteiger partial charge in [0.05, 0.1) is 6.61 Å². The number of hydrogen-bond acceptors (Lipinski definition) is 5. The molecule has 202 valence electrons. The fourth-order valence-corrected chi connectivity index (χ4v) is 4.19. The van der Waals surface area contributed by atoms with Crippen molar-refractivity contribution in [1.82, 2.24) is 10.2 Å². The average molecular weight is 512 g/mol. The van der Waals surface area contributed by atoms with E-state index in [1.807, 2.05) is 64.1 Å². The minimum absolute atomic E-state index is 0.387. The lowest BCUT2D eigenvalue weighted by atomic mass is 9.94. The van der Waals surface area contributed by atoms with Crippen LogP contribution in [0.1, 0.15) is 68.5 Å². The molecule has 3 amide bonds. The molecule has 0 fully saturated rings. The number of ether oxygens (including phenoxy) is 1. The van der Waals surface area contributed by atoms with Gasteiger partial charge in [-0.05, 0) is 90.1 Å². The van der Waals surface area contributed by atoms with Gasteiger partial charge in [0.1, 0.15) is 17.7 Å². The highest BCUT2D eigenvalue weighted by molar-refractivity contribution is 6.00. The van der Waals surface area contributed by atoms with Crippen LogP contribution in [0, 0.1) is 27.7 Å². The summed E-state index contributed by atoms with van der Waals surface area (Å²) in [5.41, 5.74) is 4.22. The number of nitrogens with zero attached hydrogens (tertiary/aromatic N) is 1. The molecule has 0 bridgehead atoms. The Bertz CT molecular complexity index is 1120. The standard InChI is InChI=1S/C29H41N3O5/c1-17(2)32(27(35)23(16-33)30-28(36)37-29(7,8)9)25(22-15-11-12-18(3)21(22)6)26(34)31-24-19(4)13-10-14-20(24)5/h10-15,17,23,25,33H,16H2,1-9H3,(H,30,36)(H,31,34). The van der Waals surface area contributed by atoms with Crippen LogP contribution in [-0.4, -0.2) is 52.2 Å². The van der Waals surface area contributed by atoms with Gasteiger partial charge in [0, 0.05) is 11.7 Å². The van der Waals surface area contributed by atoms with Crippen LogP contribution in [0.3, 0.4) is 0 Å². The summed E-state index contributed by atoms with van der Waals surface area (Å²) < 4.78 is 5.28. The van der Waals surface area contributed by atoms with Crippen LogP contribution >= 0.6 is 0 Å². The number of para-hydroxylation sites is 1. The Hall–Kier alpha value is -3.39. The maximum Gasteiger partial charge on any atom is 0.408 e. The summed E-state index contributed by atoms with van der Waals surface area (Å²) in [6.45, 7) is 15.7. The molecule has 0 saturated carbocycles. The molecule has 0 aliphatic carbocycles. The van der Waals surface area contributed by atoms with Gasteiger partial charge in [-0.15, -0.1) is 0 Å². The number of aryl methyl sites for hydroxylation is 3. The molecule has 2 atom stereocenters. The molecule has 2 rings (SSSR count). The Balaban J connectivity index is 2.57. The van der Waals surface area contributed by atoms with Gasteiger partial charge in [0.2, 0.25) is 5.91 Å². The van der Waals surface area contributed by atoms with Crippen molar-refractivity contribution in [3.8, 4) is 0 Å². The lowest BCUT2D eigenvalue weighted by molar-refractivity contribution is -0.143. The van der Waals surface area contributed by atoms with E-state index in [1.165, 1.54) is 4.90 Å². The summed E-state index contributed by atoms with van der Waals surface area (Å²) in [5, 5.41) is 15.6. The largest absolute Gasteiger partial charge is 0.444 e. The van der Waals surface area contributed by atoms with E-state index in [0.717, 1.165) is 22.3 Å². The molecule has 3 N–H and O–H groups in total. The second-order valence-corrected chi connectivity index (χ2v) is 10.7. The highest BCUT2D eigenvalue weighted by Gasteiger charge is 2.38. The number of aliphatic hydroxyl groups is 1. The Labute approximate surface area is 220 Å². The third-order valence-corrected chi connectivity index (χ3v) is 6.18. The van der Waals surface area contributed by atoms with Crippen molar-refractivity contribution in [2.45, 2.75) is 86.0 Å². The smallest absolute Gasteiger partial charge is 0.408 e. The first-order valence-electron chi connectivity index (χ1n) is 12.5. The molecule has 0 heterocycles. The van der Waals surface area contributed by atoms with E-state index in [1.54, 1.807) is 34.6 Å². The molecule has 2 aromatic rings. The summed E-state index contributed by atoms with van der Waals surface area (Å²) in [5.74, 6) is -0.979. The van der Waals surface area contributed by atoms with Gasteiger partial charge < -0.3 is 25.4 Å². The van der Waals surface area contributed by atoms with Crippen LogP contribution in [-0.2, 0) is 14.3 Å². The zero-order valence-electron chi connectivity index (χ0n) is 23.4. The number of amides is 3. The van der Waals surface area contributed by atoms with Crippen molar-refractivity contribution in [2.75, 3.05) is 11.9 Å². The fourth-order valence-electron chi connectivity index (χ4n) is 4.19. The Morgan fingerprint density at radius 3 is 2.00 bits per heavy atom. The Morgan fingerprint density at radius 2 is 1.49 bits per heavy atom. The minimum atomic E-state index is -1.29. The topological polar surface area (TPSA) is 108 Å². The normalized spacial score (nSPS) is 13.1. The number of rotatable bonds is 8. The third kappa shape index (κ3) is 7.55. The molecule has 0 spiro atoms. The van der Waals surface area contributed by atoms with Crippen molar-refractivity contribution < 1.29 is 24.2 Å². The summed E-state index contributed by atoms with van der Waals surface area (Å²) in [7, 11) is 0.